The molecule has 2 N–H and O–H groups in total. The smallest absolute Gasteiger partial charge is 0.325 e. The van der Waals surface area contributed by atoms with Gasteiger partial charge in [-0.3, -0.25) is 14.5 Å². The molecule has 1 aliphatic carbocycles. The van der Waals surface area contributed by atoms with Crippen LogP contribution in [0.25, 0.3) is 0 Å². The highest BCUT2D eigenvalue weighted by atomic mass is 35.5. The second kappa shape index (κ2) is 6.20. The summed E-state index contributed by atoms with van der Waals surface area (Å²) < 4.78 is 0. The van der Waals surface area contributed by atoms with Crippen molar-refractivity contribution in [2.24, 2.45) is 0 Å². The molecular formula is C16H18ClN3O3. The Balaban J connectivity index is 1.62. The molecule has 0 bridgehead atoms. The van der Waals surface area contributed by atoms with E-state index >= 15 is 0 Å². The summed E-state index contributed by atoms with van der Waals surface area (Å²) in [6.07, 6.45) is 3.95. The minimum atomic E-state index is -0.482. The van der Waals surface area contributed by atoms with E-state index in [0.717, 1.165) is 30.6 Å². The van der Waals surface area contributed by atoms with Crippen LogP contribution < -0.4 is 10.6 Å². The van der Waals surface area contributed by atoms with E-state index in [-0.39, 0.29) is 18.9 Å². The van der Waals surface area contributed by atoms with E-state index in [0.29, 0.717) is 10.7 Å². The summed E-state index contributed by atoms with van der Waals surface area (Å²) in [5.74, 6) is -0.727. The van der Waals surface area contributed by atoms with Gasteiger partial charge in [0, 0.05) is 10.7 Å². The summed E-state index contributed by atoms with van der Waals surface area (Å²) in [4.78, 5) is 37.5. The van der Waals surface area contributed by atoms with Crippen molar-refractivity contribution >= 4 is 35.1 Å². The summed E-state index contributed by atoms with van der Waals surface area (Å²) in [5, 5.41) is 6.05. The third-order valence-corrected chi connectivity index (χ3v) is 4.61. The van der Waals surface area contributed by atoms with Gasteiger partial charge in [-0.25, -0.2) is 4.79 Å². The average Bonchev–Trinajstić information content (AvgIpc) is 2.91. The molecule has 1 spiro atoms. The Morgan fingerprint density at radius 2 is 2.04 bits per heavy atom. The molecule has 0 atom stereocenters. The summed E-state index contributed by atoms with van der Waals surface area (Å²) in [6, 6.07) is 6.21. The van der Waals surface area contributed by atoms with Gasteiger partial charge in [-0.2, -0.15) is 0 Å². The van der Waals surface area contributed by atoms with Crippen molar-refractivity contribution in [3.8, 4) is 0 Å². The Labute approximate surface area is 139 Å². The number of anilines is 1. The second-order valence-corrected chi connectivity index (χ2v) is 6.57. The highest BCUT2D eigenvalue weighted by Gasteiger charge is 2.44. The normalized spacial score (nSPS) is 19.8. The first kappa shape index (κ1) is 15.8. The molecule has 3 rings (SSSR count). The highest BCUT2D eigenvalue weighted by molar-refractivity contribution is 6.30. The minimum absolute atomic E-state index is 0.267. The maximum absolute atomic E-state index is 12.3. The number of hydrogen-bond donors (Lipinski definition) is 2. The lowest BCUT2D eigenvalue weighted by molar-refractivity contribution is -0.134. The van der Waals surface area contributed by atoms with E-state index < -0.39 is 17.5 Å². The topological polar surface area (TPSA) is 78.5 Å². The maximum atomic E-state index is 12.3. The molecule has 23 heavy (non-hydrogen) atoms. The summed E-state index contributed by atoms with van der Waals surface area (Å²) in [6.45, 7) is -0.298. The number of nitrogens with zero attached hydrogens (tertiary/aromatic N) is 1. The van der Waals surface area contributed by atoms with Crippen LogP contribution in [0, 0.1) is 0 Å². The first-order chi connectivity index (χ1) is 11.0. The second-order valence-electron chi connectivity index (χ2n) is 6.13. The van der Waals surface area contributed by atoms with Gasteiger partial charge in [-0.05, 0) is 31.0 Å². The number of amides is 4. The zero-order chi connectivity index (χ0) is 16.4. The molecule has 1 aromatic rings. The third kappa shape index (κ3) is 3.47. The molecule has 1 heterocycles. The molecule has 0 aromatic heterocycles. The van der Waals surface area contributed by atoms with E-state index in [1.54, 1.807) is 24.3 Å². The van der Waals surface area contributed by atoms with Gasteiger partial charge in [0.05, 0.1) is 12.0 Å². The summed E-state index contributed by atoms with van der Waals surface area (Å²) in [5.41, 5.74) is 0.133. The van der Waals surface area contributed by atoms with Gasteiger partial charge in [-0.1, -0.05) is 30.5 Å². The van der Waals surface area contributed by atoms with Crippen LogP contribution in [0.2, 0.25) is 5.02 Å². The monoisotopic (exact) mass is 335 g/mol. The van der Waals surface area contributed by atoms with Gasteiger partial charge in [0.2, 0.25) is 11.8 Å². The van der Waals surface area contributed by atoms with Crippen LogP contribution in [0.1, 0.15) is 32.1 Å². The molecule has 0 radical (unpaired) electrons. The summed E-state index contributed by atoms with van der Waals surface area (Å²) >= 11 is 5.86. The van der Waals surface area contributed by atoms with Gasteiger partial charge >= 0.3 is 6.03 Å². The number of urea groups is 1. The Morgan fingerprint density at radius 1 is 1.30 bits per heavy atom. The lowest BCUT2D eigenvalue weighted by Crippen LogP contribution is -2.62. The standard InChI is InChI=1S/C16H18ClN3O3/c17-11-4-3-5-12(8-11)18-13(21)10-20-14(22)9-16(19-15(20)23)6-1-2-7-16/h3-5,8H,1-2,6-7,9-10H2,(H,18,21)(H,19,23). The molecule has 1 aliphatic heterocycles. The van der Waals surface area contributed by atoms with Crippen molar-refractivity contribution in [3.05, 3.63) is 29.3 Å². The van der Waals surface area contributed by atoms with Gasteiger partial charge in [0.25, 0.3) is 0 Å². The van der Waals surface area contributed by atoms with Crippen LogP contribution in [0.4, 0.5) is 10.5 Å². The molecular weight excluding hydrogens is 318 g/mol. The van der Waals surface area contributed by atoms with Crippen LogP contribution >= 0.6 is 11.6 Å². The molecule has 2 fully saturated rings. The number of benzene rings is 1. The minimum Gasteiger partial charge on any atom is -0.332 e. The van der Waals surface area contributed by atoms with Crippen LogP contribution in [-0.2, 0) is 9.59 Å². The molecule has 122 valence electrons. The highest BCUT2D eigenvalue weighted by Crippen LogP contribution is 2.35. The maximum Gasteiger partial charge on any atom is 0.325 e. The SMILES string of the molecule is O=C(CN1C(=O)CC2(CCCC2)NC1=O)Nc1cccc(Cl)c1. The fourth-order valence-corrected chi connectivity index (χ4v) is 3.45. The predicted octanol–water partition coefficient (Wildman–Crippen LogP) is 2.53. The number of nitrogens with one attached hydrogen (secondary N) is 2. The van der Waals surface area contributed by atoms with E-state index in [1.165, 1.54) is 0 Å². The molecule has 4 amide bonds. The van der Waals surface area contributed by atoms with Crippen molar-refractivity contribution in [3.63, 3.8) is 0 Å². The largest absolute Gasteiger partial charge is 0.332 e. The fraction of sp³-hybridized carbons (Fsp3) is 0.438. The lowest BCUT2D eigenvalue weighted by Gasteiger charge is -2.38. The van der Waals surface area contributed by atoms with E-state index in [4.69, 9.17) is 11.6 Å². The Morgan fingerprint density at radius 3 is 2.70 bits per heavy atom. The Bertz CT molecular complexity index is 636. The van der Waals surface area contributed by atoms with Crippen molar-refractivity contribution < 1.29 is 14.4 Å². The van der Waals surface area contributed by atoms with E-state index in [2.05, 4.69) is 10.6 Å². The first-order valence-corrected chi connectivity index (χ1v) is 8.03. The van der Waals surface area contributed by atoms with Crippen LogP contribution in [-0.4, -0.2) is 34.8 Å². The van der Waals surface area contributed by atoms with Gasteiger partial charge in [-0.15, -0.1) is 0 Å². The van der Waals surface area contributed by atoms with Crippen LogP contribution in [0.3, 0.4) is 0 Å². The van der Waals surface area contributed by atoms with Crippen molar-refractivity contribution in [2.75, 3.05) is 11.9 Å². The zero-order valence-electron chi connectivity index (χ0n) is 12.6. The van der Waals surface area contributed by atoms with Gasteiger partial charge in [0.1, 0.15) is 6.54 Å². The van der Waals surface area contributed by atoms with Crippen molar-refractivity contribution in [1.82, 2.24) is 10.2 Å². The number of imide groups is 1. The molecule has 1 aromatic carbocycles. The quantitative estimate of drug-likeness (QED) is 0.891. The molecule has 6 nitrogen and oxygen atoms in total. The Hall–Kier alpha value is -2.08. The molecule has 1 saturated carbocycles. The molecule has 0 unspecified atom stereocenters. The number of halogens is 1. The van der Waals surface area contributed by atoms with Crippen LogP contribution in [0.15, 0.2) is 24.3 Å². The van der Waals surface area contributed by atoms with Crippen molar-refractivity contribution in [1.29, 1.82) is 0 Å². The van der Waals surface area contributed by atoms with Crippen molar-refractivity contribution in [2.45, 2.75) is 37.6 Å². The zero-order valence-corrected chi connectivity index (χ0v) is 13.4. The number of carbonyl (C=O) groups is 3. The average molecular weight is 336 g/mol. The number of hydrogen-bond acceptors (Lipinski definition) is 3. The third-order valence-electron chi connectivity index (χ3n) is 4.38. The lowest BCUT2D eigenvalue weighted by atomic mass is 9.91. The summed E-state index contributed by atoms with van der Waals surface area (Å²) in [7, 11) is 0. The van der Waals surface area contributed by atoms with E-state index in [1.807, 2.05) is 0 Å². The van der Waals surface area contributed by atoms with E-state index in [9.17, 15) is 14.4 Å². The predicted molar refractivity (Wildman–Crippen MR) is 86.1 cm³/mol. The number of rotatable bonds is 3. The molecule has 2 aliphatic rings. The first-order valence-electron chi connectivity index (χ1n) is 7.65. The fourth-order valence-electron chi connectivity index (χ4n) is 3.26. The van der Waals surface area contributed by atoms with Crippen LogP contribution in [0.5, 0.6) is 0 Å². The number of carbonyl (C=O) groups excluding carboxylic acids is 3. The van der Waals surface area contributed by atoms with Gasteiger partial charge < -0.3 is 10.6 Å². The Kier molecular flexibility index (Phi) is 4.26. The molecule has 7 heteroatoms. The molecule has 1 saturated heterocycles. The van der Waals surface area contributed by atoms with Gasteiger partial charge in [0.15, 0.2) is 0 Å².